The van der Waals surface area contributed by atoms with E-state index >= 15 is 0 Å². The molecule has 0 radical (unpaired) electrons. The normalized spacial score (nSPS) is 17.1. The first-order valence-electron chi connectivity index (χ1n) is 8.25. The third kappa shape index (κ3) is 3.09. The van der Waals surface area contributed by atoms with Crippen molar-refractivity contribution in [1.29, 1.82) is 0 Å². The molecule has 0 amide bonds. The molecule has 5 rings (SSSR count). The van der Waals surface area contributed by atoms with Gasteiger partial charge in [-0.2, -0.15) is 0 Å². The van der Waals surface area contributed by atoms with Gasteiger partial charge in [0.2, 0.25) is 6.79 Å². The molecule has 0 spiro atoms. The van der Waals surface area contributed by atoms with E-state index in [1.165, 1.54) is 5.56 Å². The van der Waals surface area contributed by atoms with Crippen LogP contribution < -0.4 is 19.3 Å². The first-order valence-corrected chi connectivity index (χ1v) is 10.0. The number of hydrogen-bond acceptors (Lipinski definition) is 9. The molecular formula is C17H17N5O2S2. The zero-order valence-electron chi connectivity index (χ0n) is 13.9. The first-order chi connectivity index (χ1) is 12.8. The summed E-state index contributed by atoms with van der Waals surface area (Å²) in [6.07, 6.45) is 3.70. The molecule has 4 heterocycles. The van der Waals surface area contributed by atoms with E-state index in [1.807, 2.05) is 29.2 Å². The van der Waals surface area contributed by atoms with Gasteiger partial charge in [-0.1, -0.05) is 6.07 Å². The van der Waals surface area contributed by atoms with Gasteiger partial charge in [0.1, 0.15) is 0 Å². The van der Waals surface area contributed by atoms with Crippen LogP contribution in [0.15, 0.2) is 41.4 Å². The second-order valence-corrected chi connectivity index (χ2v) is 7.90. The van der Waals surface area contributed by atoms with Crippen molar-refractivity contribution < 1.29 is 9.47 Å². The maximum Gasteiger partial charge on any atom is 0.231 e. The molecule has 0 aliphatic carbocycles. The van der Waals surface area contributed by atoms with Crippen molar-refractivity contribution in [2.45, 2.75) is 6.54 Å². The fourth-order valence-corrected chi connectivity index (χ4v) is 4.47. The minimum atomic E-state index is 0.304. The zero-order chi connectivity index (χ0) is 17.3. The summed E-state index contributed by atoms with van der Waals surface area (Å²) in [7, 11) is 0. The van der Waals surface area contributed by atoms with Crippen LogP contribution in [0.5, 0.6) is 11.5 Å². The highest BCUT2D eigenvalue weighted by Gasteiger charge is 2.27. The quantitative estimate of drug-likeness (QED) is 0.682. The van der Waals surface area contributed by atoms with Gasteiger partial charge in [0.05, 0.1) is 20.0 Å². The van der Waals surface area contributed by atoms with Gasteiger partial charge in [0.25, 0.3) is 0 Å². The molecule has 1 fully saturated rings. The molecule has 7 nitrogen and oxygen atoms in total. The maximum absolute atomic E-state index is 5.51. The topological polar surface area (TPSA) is 54.0 Å². The summed E-state index contributed by atoms with van der Waals surface area (Å²) in [4.78, 5) is 15.9. The van der Waals surface area contributed by atoms with Crippen molar-refractivity contribution in [2.24, 2.45) is 0 Å². The van der Waals surface area contributed by atoms with E-state index in [9.17, 15) is 0 Å². The summed E-state index contributed by atoms with van der Waals surface area (Å²) in [5.74, 6) is 1.65. The van der Waals surface area contributed by atoms with E-state index < -0.39 is 0 Å². The Morgan fingerprint density at radius 1 is 0.885 bits per heavy atom. The standard InChI is InChI=1S/C17H17N5O2S2/c1-2-14-15(24-12-23-14)7-13(1)8-20-9-21(16-18-3-5-25-16)11-22(10-20)17-19-4-6-26-17/h1-7H,8-12H2. The van der Waals surface area contributed by atoms with E-state index in [-0.39, 0.29) is 0 Å². The summed E-state index contributed by atoms with van der Waals surface area (Å²) in [5, 5.41) is 6.09. The summed E-state index contributed by atoms with van der Waals surface area (Å²) in [5.41, 5.74) is 1.20. The Balaban J connectivity index is 1.38. The Labute approximate surface area is 159 Å². The molecule has 1 saturated heterocycles. The Hall–Kier alpha value is -2.36. The minimum absolute atomic E-state index is 0.304. The highest BCUT2D eigenvalue weighted by molar-refractivity contribution is 7.14. The molecule has 0 bridgehead atoms. The van der Waals surface area contributed by atoms with Crippen LogP contribution in [0, 0.1) is 0 Å². The Bertz CT molecular complexity index is 829. The maximum atomic E-state index is 5.51. The third-order valence-electron chi connectivity index (χ3n) is 4.31. The second-order valence-electron chi connectivity index (χ2n) is 6.15. The Morgan fingerprint density at radius 3 is 2.23 bits per heavy atom. The van der Waals surface area contributed by atoms with Crippen molar-refractivity contribution in [3.8, 4) is 11.5 Å². The third-order valence-corrected chi connectivity index (χ3v) is 5.97. The molecule has 0 atom stereocenters. The number of fused-ring (bicyclic) bond motifs is 1. The van der Waals surface area contributed by atoms with E-state index in [0.29, 0.717) is 6.79 Å². The molecule has 3 aromatic rings. The van der Waals surface area contributed by atoms with Crippen molar-refractivity contribution in [3.05, 3.63) is 46.9 Å². The lowest BCUT2D eigenvalue weighted by molar-refractivity contribution is 0.174. The SMILES string of the molecule is c1csc(N2CN(Cc3ccc4c(c3)OCO4)CN(c3nccs3)C2)n1. The lowest BCUT2D eigenvalue weighted by atomic mass is 10.2. The molecule has 0 saturated carbocycles. The van der Waals surface area contributed by atoms with Gasteiger partial charge in [-0.05, 0) is 17.7 Å². The van der Waals surface area contributed by atoms with E-state index in [4.69, 9.17) is 9.47 Å². The molecule has 2 aromatic heterocycles. The number of anilines is 2. The molecule has 134 valence electrons. The predicted octanol–water partition coefficient (Wildman–Crippen LogP) is 3.03. The van der Waals surface area contributed by atoms with E-state index in [1.54, 1.807) is 22.7 Å². The predicted molar refractivity (Wildman–Crippen MR) is 102 cm³/mol. The molecular weight excluding hydrogens is 370 g/mol. The molecule has 0 N–H and O–H groups in total. The average molecular weight is 387 g/mol. The van der Waals surface area contributed by atoms with E-state index in [0.717, 1.165) is 48.3 Å². The van der Waals surface area contributed by atoms with Gasteiger partial charge in [-0.3, -0.25) is 4.90 Å². The van der Waals surface area contributed by atoms with Gasteiger partial charge in [-0.25, -0.2) is 9.97 Å². The number of rotatable bonds is 4. The minimum Gasteiger partial charge on any atom is -0.454 e. The summed E-state index contributed by atoms with van der Waals surface area (Å²) < 4.78 is 10.9. The van der Waals surface area contributed by atoms with Gasteiger partial charge in [0, 0.05) is 29.7 Å². The molecule has 1 aromatic carbocycles. The van der Waals surface area contributed by atoms with E-state index in [2.05, 4.69) is 36.8 Å². The zero-order valence-corrected chi connectivity index (χ0v) is 15.6. The van der Waals surface area contributed by atoms with Gasteiger partial charge in [0.15, 0.2) is 21.8 Å². The Morgan fingerprint density at radius 2 is 1.58 bits per heavy atom. The first kappa shape index (κ1) is 15.9. The van der Waals surface area contributed by atoms with Crippen molar-refractivity contribution in [3.63, 3.8) is 0 Å². The lowest BCUT2D eigenvalue weighted by Gasteiger charge is -2.42. The highest BCUT2D eigenvalue weighted by atomic mass is 32.1. The molecule has 2 aliphatic rings. The Kier molecular flexibility index (Phi) is 4.12. The number of benzene rings is 1. The number of aromatic nitrogens is 2. The molecule has 2 aliphatic heterocycles. The van der Waals surface area contributed by atoms with Crippen LogP contribution >= 0.6 is 22.7 Å². The summed E-state index contributed by atoms with van der Waals surface area (Å²) in [6, 6.07) is 6.15. The number of ether oxygens (including phenoxy) is 2. The van der Waals surface area contributed by atoms with Crippen LogP contribution in [0.1, 0.15) is 5.56 Å². The fraction of sp³-hybridized carbons (Fsp3) is 0.294. The smallest absolute Gasteiger partial charge is 0.231 e. The van der Waals surface area contributed by atoms with Crippen molar-refractivity contribution in [1.82, 2.24) is 14.9 Å². The van der Waals surface area contributed by atoms with Crippen LogP contribution in [-0.2, 0) is 6.54 Å². The number of nitrogens with zero attached hydrogens (tertiary/aromatic N) is 5. The fourth-order valence-electron chi connectivity index (χ4n) is 3.21. The van der Waals surface area contributed by atoms with Crippen LogP contribution in [0.4, 0.5) is 10.3 Å². The van der Waals surface area contributed by atoms with Crippen molar-refractivity contribution >= 4 is 32.9 Å². The van der Waals surface area contributed by atoms with Crippen LogP contribution in [0.25, 0.3) is 0 Å². The molecule has 9 heteroatoms. The molecule has 26 heavy (non-hydrogen) atoms. The van der Waals surface area contributed by atoms with Crippen LogP contribution in [-0.4, -0.2) is 41.7 Å². The van der Waals surface area contributed by atoms with Crippen molar-refractivity contribution in [2.75, 3.05) is 36.6 Å². The summed E-state index contributed by atoms with van der Waals surface area (Å²) >= 11 is 3.32. The monoisotopic (exact) mass is 387 g/mol. The average Bonchev–Trinajstić information content (AvgIpc) is 3.42. The van der Waals surface area contributed by atoms with Gasteiger partial charge < -0.3 is 19.3 Å². The lowest BCUT2D eigenvalue weighted by Crippen LogP contribution is -2.55. The number of hydrogen-bond donors (Lipinski definition) is 0. The highest BCUT2D eigenvalue weighted by Crippen LogP contribution is 2.33. The van der Waals surface area contributed by atoms with Gasteiger partial charge in [-0.15, -0.1) is 22.7 Å². The number of thiazole rings is 2. The van der Waals surface area contributed by atoms with Crippen LogP contribution in [0.2, 0.25) is 0 Å². The molecule has 0 unspecified atom stereocenters. The van der Waals surface area contributed by atoms with Gasteiger partial charge >= 0.3 is 0 Å². The second kappa shape index (κ2) is 6.75. The summed E-state index contributed by atoms with van der Waals surface area (Å²) in [6.45, 7) is 3.56. The van der Waals surface area contributed by atoms with Crippen LogP contribution in [0.3, 0.4) is 0 Å². The largest absolute Gasteiger partial charge is 0.454 e.